The van der Waals surface area contributed by atoms with E-state index in [1.165, 1.54) is 12.1 Å². The van der Waals surface area contributed by atoms with Crippen molar-refractivity contribution in [1.29, 1.82) is 0 Å². The fraction of sp³-hybridized carbons (Fsp3) is 0.364. The van der Waals surface area contributed by atoms with Crippen LogP contribution in [0.3, 0.4) is 0 Å². The normalized spacial score (nSPS) is 13.2. The van der Waals surface area contributed by atoms with E-state index in [1.807, 2.05) is 0 Å². The number of aromatic hydroxyl groups is 1. The lowest BCUT2D eigenvalue weighted by Crippen LogP contribution is -2.27. The summed E-state index contributed by atoms with van der Waals surface area (Å²) in [5.41, 5.74) is -0.596. The number of anilines is 1. The van der Waals surface area contributed by atoms with Crippen LogP contribution in [0.2, 0.25) is 5.02 Å². The highest BCUT2D eigenvalue weighted by Gasteiger charge is 2.24. The summed E-state index contributed by atoms with van der Waals surface area (Å²) in [4.78, 5) is 11.4. The molecule has 0 heterocycles. The Hall–Kier alpha value is -1.11. The number of rotatable bonds is 2. The van der Waals surface area contributed by atoms with Gasteiger partial charge < -0.3 is 15.0 Å². The van der Waals surface area contributed by atoms with E-state index in [9.17, 15) is 14.1 Å². The van der Waals surface area contributed by atoms with Crippen molar-refractivity contribution in [2.24, 2.45) is 5.41 Å². The lowest BCUT2D eigenvalue weighted by atomic mass is 9.95. The molecular weight excluding hydrogens is 278 g/mol. The smallest absolute Gasteiger partial charge is 0.229 e. The minimum atomic E-state index is -2.43. The van der Waals surface area contributed by atoms with Crippen molar-refractivity contribution in [1.82, 2.24) is 0 Å². The summed E-state index contributed by atoms with van der Waals surface area (Å²) < 4.78 is 20.1. The first kappa shape index (κ1) is 14.9. The van der Waals surface area contributed by atoms with E-state index in [4.69, 9.17) is 16.2 Å². The van der Waals surface area contributed by atoms with Gasteiger partial charge in [-0.05, 0) is 12.1 Å². The molecule has 1 aromatic rings. The standard InChI is InChI=1S/C11H14ClNO4S/c1-11(2,3)10(15)13-7-5-4-6(12)9(8(7)14)18(16)17/h4-5,14H,1-3H3,(H,13,15)(H,16,17). The number of hydrogen-bond donors (Lipinski definition) is 3. The number of nitrogens with one attached hydrogen (secondary N) is 1. The molecule has 0 aliphatic carbocycles. The molecule has 0 spiro atoms. The number of halogens is 1. The van der Waals surface area contributed by atoms with Crippen molar-refractivity contribution in [2.75, 3.05) is 5.32 Å². The number of phenolic OH excluding ortho intramolecular Hbond substituents is 1. The molecule has 0 aliphatic heterocycles. The van der Waals surface area contributed by atoms with Gasteiger partial charge >= 0.3 is 0 Å². The molecule has 5 nitrogen and oxygen atoms in total. The molecule has 1 unspecified atom stereocenters. The van der Waals surface area contributed by atoms with Crippen LogP contribution in [0, 0.1) is 5.41 Å². The first-order valence-electron chi connectivity index (χ1n) is 5.08. The van der Waals surface area contributed by atoms with Crippen molar-refractivity contribution in [3.05, 3.63) is 17.2 Å². The van der Waals surface area contributed by atoms with Gasteiger partial charge in [0.15, 0.2) is 16.8 Å². The molecule has 0 aliphatic rings. The molecule has 0 fully saturated rings. The van der Waals surface area contributed by atoms with Crippen LogP contribution in [0.25, 0.3) is 0 Å². The SMILES string of the molecule is CC(C)(C)C(=O)Nc1ccc(Cl)c(S(=O)O)c1O. The largest absolute Gasteiger partial charge is 0.504 e. The van der Waals surface area contributed by atoms with Gasteiger partial charge in [-0.2, -0.15) is 0 Å². The first-order chi connectivity index (χ1) is 8.14. The Labute approximate surface area is 112 Å². The van der Waals surface area contributed by atoms with Gasteiger partial charge in [-0.15, -0.1) is 0 Å². The highest BCUT2D eigenvalue weighted by Crippen LogP contribution is 2.36. The molecule has 7 heteroatoms. The number of phenols is 1. The van der Waals surface area contributed by atoms with E-state index in [0.29, 0.717) is 0 Å². The van der Waals surface area contributed by atoms with Crippen molar-refractivity contribution < 1.29 is 18.7 Å². The molecule has 18 heavy (non-hydrogen) atoms. The average molecular weight is 292 g/mol. The van der Waals surface area contributed by atoms with Crippen LogP contribution in [0.5, 0.6) is 5.75 Å². The Balaban J connectivity index is 3.17. The van der Waals surface area contributed by atoms with Crippen molar-refractivity contribution in [3.63, 3.8) is 0 Å². The number of carbonyl (C=O) groups excluding carboxylic acids is 1. The highest BCUT2D eigenvalue weighted by molar-refractivity contribution is 7.79. The Morgan fingerprint density at radius 1 is 1.39 bits per heavy atom. The summed E-state index contributed by atoms with van der Waals surface area (Å²) in [5, 5.41) is 12.2. The summed E-state index contributed by atoms with van der Waals surface area (Å²) in [6.07, 6.45) is 0. The van der Waals surface area contributed by atoms with E-state index in [2.05, 4.69) is 5.32 Å². The molecule has 0 aromatic heterocycles. The molecule has 0 radical (unpaired) electrons. The average Bonchev–Trinajstić information content (AvgIpc) is 2.20. The minimum Gasteiger partial charge on any atom is -0.504 e. The summed E-state index contributed by atoms with van der Waals surface area (Å²) in [7, 11) is 0. The van der Waals surface area contributed by atoms with Crippen LogP contribution in [0.15, 0.2) is 17.0 Å². The second kappa shape index (κ2) is 5.26. The van der Waals surface area contributed by atoms with E-state index in [-0.39, 0.29) is 21.5 Å². The van der Waals surface area contributed by atoms with Crippen molar-refractivity contribution >= 4 is 34.3 Å². The molecule has 0 saturated carbocycles. The van der Waals surface area contributed by atoms with Gasteiger partial charge in [0.1, 0.15) is 4.90 Å². The van der Waals surface area contributed by atoms with Gasteiger partial charge in [-0.25, -0.2) is 4.21 Å². The van der Waals surface area contributed by atoms with Gasteiger partial charge in [0, 0.05) is 5.41 Å². The highest BCUT2D eigenvalue weighted by atomic mass is 35.5. The third kappa shape index (κ3) is 3.22. The molecule has 100 valence electrons. The van der Waals surface area contributed by atoms with E-state index < -0.39 is 22.2 Å². The van der Waals surface area contributed by atoms with E-state index in [1.54, 1.807) is 20.8 Å². The molecule has 1 aromatic carbocycles. The van der Waals surface area contributed by atoms with Gasteiger partial charge in [0.05, 0.1) is 10.7 Å². The van der Waals surface area contributed by atoms with Gasteiger partial charge in [0.2, 0.25) is 5.91 Å². The van der Waals surface area contributed by atoms with Crippen LogP contribution in [0.1, 0.15) is 20.8 Å². The predicted molar refractivity (Wildman–Crippen MR) is 70.2 cm³/mol. The van der Waals surface area contributed by atoms with Crippen LogP contribution >= 0.6 is 11.6 Å². The summed E-state index contributed by atoms with van der Waals surface area (Å²) in [6, 6.07) is 2.71. The van der Waals surface area contributed by atoms with Crippen LogP contribution in [-0.4, -0.2) is 19.8 Å². The van der Waals surface area contributed by atoms with Gasteiger partial charge in [-0.3, -0.25) is 4.79 Å². The lowest BCUT2D eigenvalue weighted by molar-refractivity contribution is -0.123. The Kier molecular flexibility index (Phi) is 4.37. The quantitative estimate of drug-likeness (QED) is 0.577. The Bertz CT molecular complexity index is 511. The fourth-order valence-electron chi connectivity index (χ4n) is 1.12. The third-order valence-corrected chi connectivity index (χ3v) is 3.38. The molecule has 1 atom stereocenters. The minimum absolute atomic E-state index is 0.0397. The fourth-order valence-corrected chi connectivity index (χ4v) is 1.98. The van der Waals surface area contributed by atoms with Crippen molar-refractivity contribution in [3.8, 4) is 5.75 Å². The van der Waals surface area contributed by atoms with Gasteiger partial charge in [-0.1, -0.05) is 32.4 Å². The zero-order valence-corrected chi connectivity index (χ0v) is 11.7. The molecule has 0 bridgehead atoms. The second-order valence-electron chi connectivity index (χ2n) is 4.73. The molecule has 3 N–H and O–H groups in total. The topological polar surface area (TPSA) is 86.6 Å². The number of hydrogen-bond acceptors (Lipinski definition) is 3. The number of carbonyl (C=O) groups is 1. The zero-order valence-electron chi connectivity index (χ0n) is 10.2. The Morgan fingerprint density at radius 2 is 1.94 bits per heavy atom. The maximum atomic E-state index is 11.8. The van der Waals surface area contributed by atoms with Crippen LogP contribution < -0.4 is 5.32 Å². The summed E-state index contributed by atoms with van der Waals surface area (Å²) in [5.74, 6) is -0.823. The van der Waals surface area contributed by atoms with Crippen LogP contribution in [0.4, 0.5) is 5.69 Å². The maximum Gasteiger partial charge on any atom is 0.229 e. The van der Waals surface area contributed by atoms with E-state index >= 15 is 0 Å². The molecule has 0 saturated heterocycles. The van der Waals surface area contributed by atoms with Crippen molar-refractivity contribution in [2.45, 2.75) is 25.7 Å². The number of amides is 1. The molecule has 1 amide bonds. The summed E-state index contributed by atoms with van der Waals surface area (Å²) >= 11 is 3.27. The maximum absolute atomic E-state index is 11.8. The molecule has 1 rings (SSSR count). The summed E-state index contributed by atoms with van der Waals surface area (Å²) in [6.45, 7) is 5.13. The van der Waals surface area contributed by atoms with E-state index in [0.717, 1.165) is 0 Å². The lowest BCUT2D eigenvalue weighted by Gasteiger charge is -2.18. The Morgan fingerprint density at radius 3 is 2.39 bits per heavy atom. The van der Waals surface area contributed by atoms with Crippen LogP contribution in [-0.2, 0) is 15.9 Å². The first-order valence-corrected chi connectivity index (χ1v) is 6.57. The zero-order chi connectivity index (χ0) is 14.1. The second-order valence-corrected chi connectivity index (χ2v) is 6.04. The predicted octanol–water partition coefficient (Wildman–Crippen LogP) is 2.61. The van der Waals surface area contributed by atoms with Gasteiger partial charge in [0.25, 0.3) is 0 Å². The number of benzene rings is 1. The third-order valence-electron chi connectivity index (χ3n) is 2.19. The molecular formula is C11H14ClNO4S. The monoisotopic (exact) mass is 291 g/mol.